The molecular formula is C28H27N7O3S. The molecule has 5 rings (SSSR count). The van der Waals surface area contributed by atoms with E-state index in [4.69, 9.17) is 10.9 Å². The predicted molar refractivity (Wildman–Crippen MR) is 151 cm³/mol. The molecule has 0 atom stereocenters. The molecule has 0 fully saturated rings. The van der Waals surface area contributed by atoms with E-state index in [-0.39, 0.29) is 10.8 Å². The summed E-state index contributed by atoms with van der Waals surface area (Å²) in [6, 6.07) is 20.8. The molecule has 0 aliphatic heterocycles. The summed E-state index contributed by atoms with van der Waals surface area (Å²) in [6.07, 6.45) is 0. The van der Waals surface area contributed by atoms with E-state index < -0.39 is 10.0 Å². The number of hydrogen-bond acceptors (Lipinski definition) is 6. The first kappa shape index (κ1) is 26.0. The number of benzene rings is 3. The summed E-state index contributed by atoms with van der Waals surface area (Å²) >= 11 is 0. The van der Waals surface area contributed by atoms with Gasteiger partial charge in [0.1, 0.15) is 17.4 Å². The maximum Gasteiger partial charge on any atom is 0.282 e. The van der Waals surface area contributed by atoms with Gasteiger partial charge in [-0.1, -0.05) is 36.4 Å². The Morgan fingerprint density at radius 3 is 2.51 bits per heavy atom. The number of nitrogens with zero attached hydrogens (tertiary/aromatic N) is 5. The lowest BCUT2D eigenvalue weighted by molar-refractivity contribution is 0.0954. The van der Waals surface area contributed by atoms with Crippen molar-refractivity contribution in [3.05, 3.63) is 95.6 Å². The SMILES string of the molecule is CCN=C(N)c1cccc(-n2nc(C)cc2C(=O)n2c(C)nc3cc(-c4ccccc4S(N)(=O)=O)ccc32)c1. The Morgan fingerprint density at radius 2 is 1.77 bits per heavy atom. The third kappa shape index (κ3) is 4.85. The van der Waals surface area contributed by atoms with Gasteiger partial charge in [0.15, 0.2) is 0 Å². The predicted octanol–water partition coefficient (Wildman–Crippen LogP) is 3.57. The van der Waals surface area contributed by atoms with Crippen molar-refractivity contribution in [2.75, 3.05) is 6.54 Å². The van der Waals surface area contributed by atoms with Crippen LogP contribution in [0.4, 0.5) is 0 Å². The van der Waals surface area contributed by atoms with Crippen molar-refractivity contribution < 1.29 is 13.2 Å². The van der Waals surface area contributed by atoms with Crippen LogP contribution < -0.4 is 10.9 Å². The molecule has 0 radical (unpaired) electrons. The Balaban J connectivity index is 1.60. The fourth-order valence-electron chi connectivity index (χ4n) is 4.60. The Labute approximate surface area is 225 Å². The van der Waals surface area contributed by atoms with Crippen LogP contribution in [0.1, 0.15) is 34.5 Å². The second kappa shape index (κ2) is 9.93. The monoisotopic (exact) mass is 541 g/mol. The molecular weight excluding hydrogens is 514 g/mol. The minimum absolute atomic E-state index is 0.0165. The van der Waals surface area contributed by atoms with E-state index in [9.17, 15) is 13.2 Å². The highest BCUT2D eigenvalue weighted by molar-refractivity contribution is 7.89. The van der Waals surface area contributed by atoms with E-state index in [2.05, 4.69) is 15.1 Å². The van der Waals surface area contributed by atoms with Gasteiger partial charge >= 0.3 is 0 Å². The second-order valence-corrected chi connectivity index (χ2v) is 10.6. The summed E-state index contributed by atoms with van der Waals surface area (Å²) in [5.74, 6) is 0.576. The van der Waals surface area contributed by atoms with Gasteiger partial charge in [0.2, 0.25) is 10.0 Å². The Bertz CT molecular complexity index is 1880. The third-order valence-corrected chi connectivity index (χ3v) is 7.26. The van der Waals surface area contributed by atoms with Crippen molar-refractivity contribution in [2.45, 2.75) is 25.7 Å². The number of nitrogens with two attached hydrogens (primary N) is 2. The van der Waals surface area contributed by atoms with Crippen LogP contribution in [-0.4, -0.2) is 46.0 Å². The standard InChI is InChI=1S/C28H27N7O3S/c1-4-31-27(29)20-8-7-9-21(15-20)35-25(14-17(2)33-35)28(36)34-18(3)32-23-16-19(12-13-24(23)34)22-10-5-6-11-26(22)39(30,37)38/h5-16H,4H2,1-3H3,(H2,29,31)(H2,30,37,38). The Hall–Kier alpha value is -4.61. The first-order chi connectivity index (χ1) is 18.6. The molecule has 0 aliphatic carbocycles. The van der Waals surface area contributed by atoms with Crippen molar-refractivity contribution in [1.82, 2.24) is 19.3 Å². The molecule has 198 valence electrons. The molecule has 0 saturated carbocycles. The number of primary sulfonamides is 1. The normalized spacial score (nSPS) is 12.3. The number of rotatable bonds is 6. The summed E-state index contributed by atoms with van der Waals surface area (Å²) in [4.78, 5) is 22.8. The summed E-state index contributed by atoms with van der Waals surface area (Å²) in [5.41, 5.74) is 10.7. The lowest BCUT2D eigenvalue weighted by atomic mass is 10.1. The lowest BCUT2D eigenvalue weighted by Crippen LogP contribution is -2.19. The highest BCUT2D eigenvalue weighted by atomic mass is 32.2. The van der Waals surface area contributed by atoms with Crippen molar-refractivity contribution in [3.63, 3.8) is 0 Å². The minimum Gasteiger partial charge on any atom is -0.384 e. The van der Waals surface area contributed by atoms with Gasteiger partial charge in [-0.05, 0) is 62.7 Å². The maximum absolute atomic E-state index is 13.9. The summed E-state index contributed by atoms with van der Waals surface area (Å²) in [7, 11) is -3.93. The second-order valence-electron chi connectivity index (χ2n) is 9.04. The molecule has 4 N–H and O–H groups in total. The van der Waals surface area contributed by atoms with Crippen LogP contribution in [0.5, 0.6) is 0 Å². The number of hydrogen-bond donors (Lipinski definition) is 2. The summed E-state index contributed by atoms with van der Waals surface area (Å²) in [6.45, 7) is 6.02. The topological polar surface area (TPSA) is 151 Å². The number of sulfonamides is 1. The van der Waals surface area contributed by atoms with E-state index in [1.807, 2.05) is 38.1 Å². The molecule has 0 bridgehead atoms. The molecule has 10 nitrogen and oxygen atoms in total. The van der Waals surface area contributed by atoms with Gasteiger partial charge in [-0.2, -0.15) is 5.10 Å². The number of aryl methyl sites for hydroxylation is 2. The highest BCUT2D eigenvalue weighted by Crippen LogP contribution is 2.30. The fourth-order valence-corrected chi connectivity index (χ4v) is 5.36. The Morgan fingerprint density at radius 1 is 1.00 bits per heavy atom. The number of amidine groups is 1. The van der Waals surface area contributed by atoms with Crippen LogP contribution in [-0.2, 0) is 10.0 Å². The van der Waals surface area contributed by atoms with E-state index in [0.717, 1.165) is 5.56 Å². The number of imidazole rings is 1. The van der Waals surface area contributed by atoms with Gasteiger partial charge in [0.25, 0.3) is 5.91 Å². The molecule has 0 aliphatic rings. The van der Waals surface area contributed by atoms with Crippen LogP contribution in [0.15, 0.2) is 82.7 Å². The third-order valence-electron chi connectivity index (χ3n) is 6.30. The quantitative estimate of drug-likeness (QED) is 0.248. The van der Waals surface area contributed by atoms with E-state index in [0.29, 0.717) is 57.4 Å². The van der Waals surface area contributed by atoms with Crippen molar-refractivity contribution >= 4 is 32.8 Å². The van der Waals surface area contributed by atoms with Crippen molar-refractivity contribution in [3.8, 4) is 16.8 Å². The number of aliphatic imine (C=N–C) groups is 1. The average molecular weight is 542 g/mol. The number of carbonyl (C=O) groups is 1. The first-order valence-electron chi connectivity index (χ1n) is 12.2. The van der Waals surface area contributed by atoms with Crippen LogP contribution >= 0.6 is 0 Å². The number of fused-ring (bicyclic) bond motifs is 1. The first-order valence-corrected chi connectivity index (χ1v) is 13.8. The van der Waals surface area contributed by atoms with Gasteiger partial charge in [0.05, 0.1) is 27.3 Å². The van der Waals surface area contributed by atoms with Gasteiger partial charge in [-0.3, -0.25) is 14.4 Å². The van der Waals surface area contributed by atoms with Gasteiger partial charge in [-0.15, -0.1) is 0 Å². The molecule has 2 aromatic heterocycles. The van der Waals surface area contributed by atoms with E-state index in [1.165, 1.54) is 10.6 Å². The van der Waals surface area contributed by atoms with Crippen LogP contribution in [0.3, 0.4) is 0 Å². The van der Waals surface area contributed by atoms with E-state index in [1.54, 1.807) is 54.1 Å². The smallest absolute Gasteiger partial charge is 0.282 e. The zero-order valence-electron chi connectivity index (χ0n) is 21.7. The molecule has 0 amide bonds. The van der Waals surface area contributed by atoms with Crippen molar-refractivity contribution in [2.24, 2.45) is 15.9 Å². The molecule has 11 heteroatoms. The average Bonchev–Trinajstić information content (AvgIpc) is 3.46. The summed E-state index contributed by atoms with van der Waals surface area (Å²) < 4.78 is 27.4. The molecule has 5 aromatic rings. The van der Waals surface area contributed by atoms with E-state index >= 15 is 0 Å². The highest BCUT2D eigenvalue weighted by Gasteiger charge is 2.23. The van der Waals surface area contributed by atoms with Crippen LogP contribution in [0.2, 0.25) is 0 Å². The summed E-state index contributed by atoms with van der Waals surface area (Å²) in [5, 5.41) is 10.00. The zero-order valence-corrected chi connectivity index (χ0v) is 22.5. The van der Waals surface area contributed by atoms with Gasteiger partial charge < -0.3 is 5.73 Å². The molecule has 0 spiro atoms. The molecule has 3 aromatic carbocycles. The molecule has 0 unspecified atom stereocenters. The van der Waals surface area contributed by atoms with Crippen LogP contribution in [0.25, 0.3) is 27.8 Å². The number of aromatic nitrogens is 4. The Kier molecular flexibility index (Phi) is 6.62. The molecule has 2 heterocycles. The largest absolute Gasteiger partial charge is 0.384 e. The molecule has 39 heavy (non-hydrogen) atoms. The maximum atomic E-state index is 13.9. The minimum atomic E-state index is -3.93. The number of carbonyl (C=O) groups excluding carboxylic acids is 1. The van der Waals surface area contributed by atoms with Crippen molar-refractivity contribution in [1.29, 1.82) is 0 Å². The zero-order chi connectivity index (χ0) is 27.9. The van der Waals surface area contributed by atoms with Gasteiger partial charge in [-0.25, -0.2) is 23.2 Å². The van der Waals surface area contributed by atoms with Crippen LogP contribution in [0, 0.1) is 13.8 Å². The molecule has 0 saturated heterocycles. The van der Waals surface area contributed by atoms with Gasteiger partial charge in [0, 0.05) is 17.7 Å². The lowest BCUT2D eigenvalue weighted by Gasteiger charge is -2.11. The fraction of sp³-hybridized carbons (Fsp3) is 0.143.